The van der Waals surface area contributed by atoms with Crippen LogP contribution in [0.15, 0.2) is 18.3 Å². The highest BCUT2D eigenvalue weighted by Gasteiger charge is 1.99. The molecule has 0 unspecified atom stereocenters. The van der Waals surface area contributed by atoms with Crippen LogP contribution in [-0.2, 0) is 9.59 Å². The molecular formula is C6H6N4O3. The van der Waals surface area contributed by atoms with Gasteiger partial charge in [0.05, 0.1) is 6.20 Å². The van der Waals surface area contributed by atoms with Crippen molar-refractivity contribution in [1.82, 2.24) is 15.4 Å². The molecule has 0 aliphatic rings. The molecule has 0 saturated heterocycles. The van der Waals surface area contributed by atoms with Gasteiger partial charge >= 0.3 is 5.97 Å². The maximum absolute atomic E-state index is 10.9. The van der Waals surface area contributed by atoms with E-state index in [1.165, 1.54) is 6.20 Å². The van der Waals surface area contributed by atoms with Crippen molar-refractivity contribution >= 4 is 17.7 Å². The van der Waals surface area contributed by atoms with Crippen LogP contribution in [0.2, 0.25) is 0 Å². The van der Waals surface area contributed by atoms with E-state index in [-0.39, 0.29) is 5.82 Å². The largest absolute Gasteiger partial charge is 0.478 e. The molecule has 0 spiro atoms. The lowest BCUT2D eigenvalue weighted by Crippen LogP contribution is -2.08. The Morgan fingerprint density at radius 1 is 1.54 bits per heavy atom. The predicted octanol–water partition coefficient (Wildman–Crippen LogP) is -0.616. The van der Waals surface area contributed by atoms with E-state index >= 15 is 0 Å². The van der Waals surface area contributed by atoms with Crippen molar-refractivity contribution in [3.8, 4) is 0 Å². The van der Waals surface area contributed by atoms with E-state index < -0.39 is 11.9 Å². The van der Waals surface area contributed by atoms with Gasteiger partial charge < -0.3 is 10.4 Å². The number of H-pyrrole nitrogens is 1. The van der Waals surface area contributed by atoms with E-state index in [0.717, 1.165) is 12.2 Å². The lowest BCUT2D eigenvalue weighted by Gasteiger charge is -1.92. The molecule has 0 radical (unpaired) electrons. The van der Waals surface area contributed by atoms with Crippen molar-refractivity contribution in [2.75, 3.05) is 5.32 Å². The summed E-state index contributed by atoms with van der Waals surface area (Å²) in [5.41, 5.74) is 0. The lowest BCUT2D eigenvalue weighted by molar-refractivity contribution is -0.131. The van der Waals surface area contributed by atoms with Crippen molar-refractivity contribution in [3.63, 3.8) is 0 Å². The Morgan fingerprint density at radius 2 is 2.31 bits per heavy atom. The van der Waals surface area contributed by atoms with Crippen LogP contribution in [0.3, 0.4) is 0 Å². The number of carboxylic acids is 1. The van der Waals surface area contributed by atoms with Gasteiger partial charge in [0.1, 0.15) is 0 Å². The molecule has 1 aromatic heterocycles. The van der Waals surface area contributed by atoms with Crippen LogP contribution in [0.4, 0.5) is 5.82 Å². The molecule has 0 atom stereocenters. The predicted molar refractivity (Wildman–Crippen MR) is 41.8 cm³/mol. The number of aliphatic carboxylic acids is 1. The summed E-state index contributed by atoms with van der Waals surface area (Å²) in [6.45, 7) is 0. The molecule has 0 fully saturated rings. The SMILES string of the molecule is O=C(O)C=CC(=O)Nc1cn[nH]n1. The maximum Gasteiger partial charge on any atom is 0.328 e. The second kappa shape index (κ2) is 4.00. The third kappa shape index (κ3) is 3.14. The number of carboxylic acid groups (broad SMARTS) is 1. The molecule has 1 rings (SSSR count). The van der Waals surface area contributed by atoms with E-state index in [1.54, 1.807) is 0 Å². The van der Waals surface area contributed by atoms with Gasteiger partial charge in [0.15, 0.2) is 5.82 Å². The fourth-order valence-electron chi connectivity index (χ4n) is 0.577. The van der Waals surface area contributed by atoms with E-state index in [1.807, 2.05) is 0 Å². The summed E-state index contributed by atoms with van der Waals surface area (Å²) in [5, 5.41) is 19.7. The van der Waals surface area contributed by atoms with Crippen molar-refractivity contribution in [1.29, 1.82) is 0 Å². The minimum atomic E-state index is -1.18. The van der Waals surface area contributed by atoms with Crippen molar-refractivity contribution < 1.29 is 14.7 Å². The molecule has 3 N–H and O–H groups in total. The number of amides is 1. The average Bonchev–Trinajstić information content (AvgIpc) is 2.53. The first-order valence-corrected chi connectivity index (χ1v) is 3.26. The van der Waals surface area contributed by atoms with E-state index in [4.69, 9.17) is 5.11 Å². The fourth-order valence-corrected chi connectivity index (χ4v) is 0.577. The number of anilines is 1. The molecule has 1 heterocycles. The zero-order valence-electron chi connectivity index (χ0n) is 6.39. The van der Waals surface area contributed by atoms with Gasteiger partial charge in [0, 0.05) is 12.2 Å². The van der Waals surface area contributed by atoms with Crippen LogP contribution < -0.4 is 5.32 Å². The second-order valence-electron chi connectivity index (χ2n) is 2.02. The number of rotatable bonds is 3. The minimum Gasteiger partial charge on any atom is -0.478 e. The number of nitrogens with one attached hydrogen (secondary N) is 2. The molecule has 7 heteroatoms. The van der Waals surface area contributed by atoms with Gasteiger partial charge in [-0.1, -0.05) is 0 Å². The first-order chi connectivity index (χ1) is 6.18. The van der Waals surface area contributed by atoms with E-state index in [2.05, 4.69) is 20.7 Å². The third-order valence-electron chi connectivity index (χ3n) is 1.04. The number of hydrogen-bond acceptors (Lipinski definition) is 4. The standard InChI is InChI=1S/C6H6N4O3/c11-5(1-2-6(12)13)8-4-3-7-10-9-4/h1-3H,(H,12,13)(H2,7,8,9,10,11). The van der Waals surface area contributed by atoms with Gasteiger partial charge in [-0.05, 0) is 0 Å². The van der Waals surface area contributed by atoms with Crippen LogP contribution in [-0.4, -0.2) is 32.4 Å². The van der Waals surface area contributed by atoms with Crippen LogP contribution in [0.1, 0.15) is 0 Å². The number of carbonyl (C=O) groups is 2. The average molecular weight is 182 g/mol. The topological polar surface area (TPSA) is 108 Å². The normalized spacial score (nSPS) is 10.2. The highest BCUT2D eigenvalue weighted by atomic mass is 16.4. The summed E-state index contributed by atoms with van der Waals surface area (Å²) >= 11 is 0. The first kappa shape index (κ1) is 8.91. The van der Waals surface area contributed by atoms with E-state index in [9.17, 15) is 9.59 Å². The molecule has 0 aliphatic carbocycles. The molecule has 0 saturated carbocycles. The van der Waals surface area contributed by atoms with Crippen molar-refractivity contribution in [2.45, 2.75) is 0 Å². The van der Waals surface area contributed by atoms with Gasteiger partial charge in [0.2, 0.25) is 5.91 Å². The van der Waals surface area contributed by atoms with Crippen LogP contribution in [0.5, 0.6) is 0 Å². The maximum atomic E-state index is 10.9. The number of nitrogens with zero attached hydrogens (tertiary/aromatic N) is 2. The monoisotopic (exact) mass is 182 g/mol. The minimum absolute atomic E-state index is 0.236. The fraction of sp³-hybridized carbons (Fsp3) is 0. The van der Waals surface area contributed by atoms with Gasteiger partial charge in [-0.15, -0.1) is 5.10 Å². The lowest BCUT2D eigenvalue weighted by atomic mass is 10.4. The van der Waals surface area contributed by atoms with Crippen LogP contribution in [0.25, 0.3) is 0 Å². The zero-order valence-corrected chi connectivity index (χ0v) is 6.39. The quantitative estimate of drug-likeness (QED) is 0.540. The first-order valence-electron chi connectivity index (χ1n) is 3.26. The van der Waals surface area contributed by atoms with Crippen molar-refractivity contribution in [3.05, 3.63) is 18.3 Å². The molecule has 1 amide bonds. The summed E-state index contributed by atoms with van der Waals surface area (Å²) in [6.07, 6.45) is 2.92. The summed E-state index contributed by atoms with van der Waals surface area (Å²) in [4.78, 5) is 20.9. The number of carbonyl (C=O) groups excluding carboxylic acids is 1. The zero-order chi connectivity index (χ0) is 9.68. The van der Waals surface area contributed by atoms with Gasteiger partial charge in [-0.25, -0.2) is 4.79 Å². The second-order valence-corrected chi connectivity index (χ2v) is 2.02. The van der Waals surface area contributed by atoms with Gasteiger partial charge in [-0.2, -0.15) is 10.3 Å². The Morgan fingerprint density at radius 3 is 2.85 bits per heavy atom. The molecular weight excluding hydrogens is 176 g/mol. The Kier molecular flexibility index (Phi) is 2.74. The highest BCUT2D eigenvalue weighted by Crippen LogP contribution is 1.95. The van der Waals surface area contributed by atoms with E-state index in [0.29, 0.717) is 0 Å². The smallest absolute Gasteiger partial charge is 0.328 e. The molecule has 13 heavy (non-hydrogen) atoms. The van der Waals surface area contributed by atoms with Crippen LogP contribution in [0, 0.1) is 0 Å². The Bertz CT molecular complexity index is 330. The third-order valence-corrected chi connectivity index (χ3v) is 1.04. The number of aromatic amines is 1. The highest BCUT2D eigenvalue weighted by molar-refractivity contribution is 6.01. The summed E-state index contributed by atoms with van der Waals surface area (Å²) < 4.78 is 0. The summed E-state index contributed by atoms with van der Waals surface area (Å²) in [7, 11) is 0. The molecule has 0 bridgehead atoms. The van der Waals surface area contributed by atoms with Gasteiger partial charge in [0.25, 0.3) is 0 Å². The summed E-state index contributed by atoms with van der Waals surface area (Å²) in [5.74, 6) is -1.52. The van der Waals surface area contributed by atoms with Crippen molar-refractivity contribution in [2.24, 2.45) is 0 Å². The number of aromatic nitrogens is 3. The summed E-state index contributed by atoms with van der Waals surface area (Å²) in [6, 6.07) is 0. The molecule has 7 nitrogen and oxygen atoms in total. The van der Waals surface area contributed by atoms with Crippen LogP contribution >= 0.6 is 0 Å². The van der Waals surface area contributed by atoms with Gasteiger partial charge in [-0.3, -0.25) is 4.79 Å². The Hall–Kier alpha value is -2.18. The molecule has 0 aromatic carbocycles. The Labute approximate surface area is 72.5 Å². The Balaban J connectivity index is 2.47. The number of hydrogen-bond donors (Lipinski definition) is 3. The molecule has 68 valence electrons. The molecule has 0 aliphatic heterocycles. The molecule has 1 aromatic rings.